The molecule has 0 radical (unpaired) electrons. The predicted octanol–water partition coefficient (Wildman–Crippen LogP) is 6.58. The maximum atomic E-state index is 12.4. The number of oxazole rings is 1. The molecule has 4 aromatic rings. The molecule has 1 heterocycles. The molecule has 5 nitrogen and oxygen atoms in total. The van der Waals surface area contributed by atoms with E-state index in [1.165, 1.54) is 12.1 Å². The van der Waals surface area contributed by atoms with Gasteiger partial charge in [0.15, 0.2) is 10.7 Å². The van der Waals surface area contributed by atoms with Crippen molar-refractivity contribution in [2.75, 3.05) is 5.32 Å². The molecule has 0 saturated carbocycles. The molecule has 0 bridgehead atoms. The maximum Gasteiger partial charge on any atom is 0.258 e. The number of hydrogen-bond donors (Lipinski definition) is 2. The van der Waals surface area contributed by atoms with Crippen LogP contribution in [0.3, 0.4) is 0 Å². The number of carbonyl (C=O) groups excluding carboxylic acids is 1. The third-order valence-corrected chi connectivity index (χ3v) is 5.23. The molecular weight excluding hydrogens is 465 g/mol. The summed E-state index contributed by atoms with van der Waals surface area (Å²) in [5.41, 5.74) is 2.81. The normalized spacial score (nSPS) is 10.8. The molecule has 0 unspecified atom stereocenters. The van der Waals surface area contributed by atoms with Gasteiger partial charge in [-0.25, -0.2) is 4.98 Å². The standard InChI is InChI=1S/C21H12Cl3N3O2S/c22-11-5-7-13(16(24)9-11)19(28)27-21(30)25-12-6-8-18-17(10-12)26-20(29-18)14-3-1-2-4-15(14)23/h1-10H,(H2,25,27,28,30). The molecule has 0 aliphatic rings. The first kappa shape index (κ1) is 20.6. The van der Waals surface area contributed by atoms with Crippen molar-refractivity contribution in [3.63, 3.8) is 0 Å². The summed E-state index contributed by atoms with van der Waals surface area (Å²) < 4.78 is 5.79. The Bertz CT molecular complexity index is 1290. The van der Waals surface area contributed by atoms with Crippen molar-refractivity contribution in [2.45, 2.75) is 0 Å². The second-order valence-corrected chi connectivity index (χ2v) is 7.87. The van der Waals surface area contributed by atoms with Crippen molar-refractivity contribution in [1.29, 1.82) is 0 Å². The van der Waals surface area contributed by atoms with Crippen molar-refractivity contribution in [3.05, 3.63) is 81.3 Å². The van der Waals surface area contributed by atoms with E-state index in [0.717, 1.165) is 0 Å². The highest BCUT2D eigenvalue weighted by atomic mass is 35.5. The van der Waals surface area contributed by atoms with Gasteiger partial charge in [0.05, 0.1) is 21.2 Å². The van der Waals surface area contributed by atoms with Crippen LogP contribution in [-0.4, -0.2) is 16.0 Å². The van der Waals surface area contributed by atoms with Gasteiger partial charge in [0.1, 0.15) is 5.52 Å². The van der Waals surface area contributed by atoms with E-state index in [4.69, 9.17) is 51.4 Å². The topological polar surface area (TPSA) is 67.2 Å². The number of aromatic nitrogens is 1. The number of carbonyl (C=O) groups is 1. The summed E-state index contributed by atoms with van der Waals surface area (Å²) in [5, 5.41) is 6.87. The lowest BCUT2D eigenvalue weighted by Gasteiger charge is -2.10. The van der Waals surface area contributed by atoms with Gasteiger partial charge < -0.3 is 9.73 Å². The van der Waals surface area contributed by atoms with E-state index < -0.39 is 5.91 Å². The largest absolute Gasteiger partial charge is 0.436 e. The van der Waals surface area contributed by atoms with E-state index in [1.54, 1.807) is 30.3 Å². The minimum absolute atomic E-state index is 0.111. The van der Waals surface area contributed by atoms with Gasteiger partial charge in [-0.2, -0.15) is 0 Å². The van der Waals surface area contributed by atoms with Gasteiger partial charge in [0.2, 0.25) is 5.89 Å². The summed E-state index contributed by atoms with van der Waals surface area (Å²) in [6.45, 7) is 0. The zero-order chi connectivity index (χ0) is 21.3. The lowest BCUT2D eigenvalue weighted by molar-refractivity contribution is 0.0978. The minimum Gasteiger partial charge on any atom is -0.436 e. The molecule has 0 fully saturated rings. The third kappa shape index (κ3) is 4.42. The van der Waals surface area contributed by atoms with Crippen molar-refractivity contribution in [2.24, 2.45) is 0 Å². The van der Waals surface area contributed by atoms with Crippen LogP contribution in [0, 0.1) is 0 Å². The third-order valence-electron chi connectivity index (χ3n) is 4.15. The number of halogens is 3. The summed E-state index contributed by atoms with van der Waals surface area (Å²) >= 11 is 23.4. The van der Waals surface area contributed by atoms with Crippen molar-refractivity contribution < 1.29 is 9.21 Å². The molecule has 30 heavy (non-hydrogen) atoms. The van der Waals surface area contributed by atoms with Crippen LogP contribution in [0.25, 0.3) is 22.6 Å². The van der Waals surface area contributed by atoms with Gasteiger partial charge in [-0.1, -0.05) is 46.9 Å². The average molecular weight is 477 g/mol. The SMILES string of the molecule is O=C(NC(=S)Nc1ccc2oc(-c3ccccc3Cl)nc2c1)c1ccc(Cl)cc1Cl. The van der Waals surface area contributed by atoms with Crippen molar-refractivity contribution in [1.82, 2.24) is 10.3 Å². The summed E-state index contributed by atoms with van der Waals surface area (Å²) in [6, 6.07) is 17.2. The molecular formula is C21H12Cl3N3O2S. The van der Waals surface area contributed by atoms with Crippen molar-refractivity contribution in [3.8, 4) is 11.5 Å². The molecule has 0 spiro atoms. The molecule has 9 heteroatoms. The molecule has 4 rings (SSSR count). The lowest BCUT2D eigenvalue weighted by Crippen LogP contribution is -2.34. The second-order valence-electron chi connectivity index (χ2n) is 6.21. The van der Waals surface area contributed by atoms with E-state index in [1.807, 2.05) is 18.2 Å². The molecule has 0 atom stereocenters. The summed E-state index contributed by atoms with van der Waals surface area (Å²) in [4.78, 5) is 16.9. The van der Waals surface area contributed by atoms with Crippen LogP contribution in [-0.2, 0) is 0 Å². The second kappa shape index (κ2) is 8.62. The first-order valence-electron chi connectivity index (χ1n) is 8.63. The van der Waals surface area contributed by atoms with Crippen LogP contribution in [0.4, 0.5) is 5.69 Å². The van der Waals surface area contributed by atoms with Crippen LogP contribution in [0.5, 0.6) is 0 Å². The Labute approximate surface area is 192 Å². The number of fused-ring (bicyclic) bond motifs is 1. The first-order chi connectivity index (χ1) is 14.4. The fourth-order valence-corrected chi connectivity index (χ4v) is 3.68. The number of amides is 1. The zero-order valence-electron chi connectivity index (χ0n) is 15.1. The molecule has 0 aliphatic heterocycles. The number of thiocarbonyl (C=S) groups is 1. The fraction of sp³-hybridized carbons (Fsp3) is 0. The molecule has 2 N–H and O–H groups in total. The van der Waals surface area contributed by atoms with Gasteiger partial charge in [0.25, 0.3) is 5.91 Å². The van der Waals surface area contributed by atoms with E-state index >= 15 is 0 Å². The molecule has 1 aromatic heterocycles. The monoisotopic (exact) mass is 475 g/mol. The highest BCUT2D eigenvalue weighted by Gasteiger charge is 2.14. The predicted molar refractivity (Wildman–Crippen MR) is 125 cm³/mol. The van der Waals surface area contributed by atoms with Crippen LogP contribution in [0.15, 0.2) is 65.1 Å². The number of anilines is 1. The number of nitrogens with zero attached hydrogens (tertiary/aromatic N) is 1. The molecule has 0 saturated heterocycles. The van der Waals surface area contributed by atoms with E-state index in [-0.39, 0.29) is 15.7 Å². The lowest BCUT2D eigenvalue weighted by atomic mass is 10.2. The minimum atomic E-state index is -0.447. The van der Waals surface area contributed by atoms with Gasteiger partial charge >= 0.3 is 0 Å². The first-order valence-corrected chi connectivity index (χ1v) is 10.2. The maximum absolute atomic E-state index is 12.4. The molecule has 150 valence electrons. The van der Waals surface area contributed by atoms with E-state index in [9.17, 15) is 4.79 Å². The number of hydrogen-bond acceptors (Lipinski definition) is 4. The average Bonchev–Trinajstić information content (AvgIpc) is 3.11. The summed E-state index contributed by atoms with van der Waals surface area (Å²) in [5.74, 6) is -0.0290. The van der Waals surface area contributed by atoms with Crippen LogP contribution in [0.2, 0.25) is 15.1 Å². The van der Waals surface area contributed by atoms with Gasteiger partial charge in [0, 0.05) is 10.7 Å². The van der Waals surface area contributed by atoms with Gasteiger partial charge in [-0.3, -0.25) is 10.1 Å². The Morgan fingerprint density at radius 2 is 1.77 bits per heavy atom. The Balaban J connectivity index is 1.50. The van der Waals surface area contributed by atoms with Crippen molar-refractivity contribution >= 4 is 74.8 Å². The Morgan fingerprint density at radius 1 is 0.967 bits per heavy atom. The van der Waals surface area contributed by atoms with E-state index in [2.05, 4.69) is 15.6 Å². The molecule has 0 aliphatic carbocycles. The highest BCUT2D eigenvalue weighted by Crippen LogP contribution is 2.30. The van der Waals surface area contributed by atoms with Crippen LogP contribution in [0.1, 0.15) is 10.4 Å². The Hall–Kier alpha value is -2.64. The zero-order valence-corrected chi connectivity index (χ0v) is 18.2. The van der Waals surface area contributed by atoms with Crippen LogP contribution >= 0.6 is 47.0 Å². The number of rotatable bonds is 3. The summed E-state index contributed by atoms with van der Waals surface area (Å²) in [6.07, 6.45) is 0. The molecule has 3 aromatic carbocycles. The number of nitrogens with one attached hydrogen (secondary N) is 2. The smallest absolute Gasteiger partial charge is 0.258 e. The quantitative estimate of drug-likeness (QED) is 0.327. The van der Waals surface area contributed by atoms with E-state index in [0.29, 0.717) is 38.3 Å². The van der Waals surface area contributed by atoms with Crippen LogP contribution < -0.4 is 10.6 Å². The Morgan fingerprint density at radius 3 is 2.53 bits per heavy atom. The number of benzene rings is 3. The van der Waals surface area contributed by atoms with Gasteiger partial charge in [-0.15, -0.1) is 0 Å². The highest BCUT2D eigenvalue weighted by molar-refractivity contribution is 7.80. The van der Waals surface area contributed by atoms with Gasteiger partial charge in [-0.05, 0) is 60.7 Å². The summed E-state index contributed by atoms with van der Waals surface area (Å²) in [7, 11) is 0. The fourth-order valence-electron chi connectivity index (χ4n) is 2.76. The Kier molecular flexibility index (Phi) is 5.92. The molecule has 1 amide bonds.